The molecule has 3 N–H and O–H groups in total. The summed E-state index contributed by atoms with van der Waals surface area (Å²) < 4.78 is 0. The Kier molecular flexibility index (Phi) is 7.14. The van der Waals surface area contributed by atoms with Crippen LogP contribution in [-0.4, -0.2) is 29.8 Å². The first-order chi connectivity index (χ1) is 17.6. The van der Waals surface area contributed by atoms with Gasteiger partial charge in [-0.05, 0) is 74.3 Å². The summed E-state index contributed by atoms with van der Waals surface area (Å²) in [5.74, 6) is -0.362. The zero-order valence-electron chi connectivity index (χ0n) is 20.6. The van der Waals surface area contributed by atoms with Crippen LogP contribution in [0.3, 0.4) is 0 Å². The number of nitrogens with one attached hydrogen (secondary N) is 3. The van der Waals surface area contributed by atoms with E-state index in [1.54, 1.807) is 24.4 Å². The molecule has 0 spiro atoms. The zero-order valence-corrected chi connectivity index (χ0v) is 20.6. The van der Waals surface area contributed by atoms with Crippen LogP contribution in [-0.2, 0) is 11.3 Å². The second-order valence-electron chi connectivity index (χ2n) is 9.56. The van der Waals surface area contributed by atoms with Crippen molar-refractivity contribution in [3.8, 4) is 0 Å². The zero-order chi connectivity index (χ0) is 24.9. The molecule has 3 aromatic carbocycles. The molecule has 1 fully saturated rings. The Morgan fingerprint density at radius 3 is 2.50 bits per heavy atom. The van der Waals surface area contributed by atoms with Gasteiger partial charge in [-0.2, -0.15) is 0 Å². The van der Waals surface area contributed by atoms with Crippen molar-refractivity contribution in [1.29, 1.82) is 0 Å². The number of fused-ring (bicyclic) bond motifs is 1. The number of anilines is 2. The predicted octanol–water partition coefficient (Wildman–Crippen LogP) is 5.57. The fraction of sp³-hybridized carbons (Fsp3) is 0.267. The van der Waals surface area contributed by atoms with Gasteiger partial charge in [0.15, 0.2) is 0 Å². The number of benzene rings is 3. The lowest BCUT2D eigenvalue weighted by Crippen LogP contribution is -2.29. The SMILES string of the molecule is C[C@H](NC(=O)c1ccc2c(c1)/C(=C/Nc1ccc(CN3CCCCC3)cc1)C(=O)N2)c1ccccc1. The first-order valence-corrected chi connectivity index (χ1v) is 12.7. The number of amides is 2. The van der Waals surface area contributed by atoms with E-state index in [2.05, 4.69) is 33.0 Å². The number of piperidine rings is 1. The van der Waals surface area contributed by atoms with Gasteiger partial charge in [-0.25, -0.2) is 0 Å². The van der Waals surface area contributed by atoms with E-state index in [0.29, 0.717) is 22.4 Å². The lowest BCUT2D eigenvalue weighted by atomic mass is 10.0. The molecule has 0 aliphatic carbocycles. The summed E-state index contributed by atoms with van der Waals surface area (Å²) in [6.07, 6.45) is 5.62. The quantitative estimate of drug-likeness (QED) is 0.387. The Hall–Kier alpha value is -3.90. The van der Waals surface area contributed by atoms with Gasteiger partial charge in [0.1, 0.15) is 0 Å². The topological polar surface area (TPSA) is 73.5 Å². The van der Waals surface area contributed by atoms with Crippen molar-refractivity contribution in [3.05, 3.63) is 101 Å². The Labute approximate surface area is 212 Å². The number of nitrogens with zero attached hydrogens (tertiary/aromatic N) is 1. The molecular formula is C30H32N4O2. The molecule has 2 heterocycles. The number of carbonyl (C=O) groups excluding carboxylic acids is 2. The molecule has 6 heteroatoms. The van der Waals surface area contributed by atoms with E-state index in [9.17, 15) is 9.59 Å². The van der Waals surface area contributed by atoms with Crippen LogP contribution in [0.2, 0.25) is 0 Å². The summed E-state index contributed by atoms with van der Waals surface area (Å²) in [5, 5.41) is 9.18. The van der Waals surface area contributed by atoms with Crippen molar-refractivity contribution < 1.29 is 9.59 Å². The van der Waals surface area contributed by atoms with Crippen LogP contribution in [0, 0.1) is 0 Å². The summed E-state index contributed by atoms with van der Waals surface area (Å²) >= 11 is 0. The van der Waals surface area contributed by atoms with Crippen molar-refractivity contribution in [1.82, 2.24) is 10.2 Å². The molecule has 0 bridgehead atoms. The maximum atomic E-state index is 12.9. The molecule has 2 aliphatic heterocycles. The standard InChI is InChI=1S/C30H32N4O2/c1-21(23-8-4-2-5-9-23)32-29(35)24-12-15-28-26(18-24)27(30(36)33-28)19-31-25-13-10-22(11-14-25)20-34-16-6-3-7-17-34/h2,4-5,8-15,18-19,21,31H,3,6-7,16-17,20H2,1H3,(H,32,35)(H,33,36)/b27-19-/t21-/m0/s1. The van der Waals surface area contributed by atoms with Crippen molar-refractivity contribution in [2.75, 3.05) is 23.7 Å². The highest BCUT2D eigenvalue weighted by Gasteiger charge is 2.25. The van der Waals surface area contributed by atoms with Crippen LogP contribution < -0.4 is 16.0 Å². The lowest BCUT2D eigenvalue weighted by molar-refractivity contribution is -0.110. The molecule has 184 valence electrons. The van der Waals surface area contributed by atoms with Gasteiger partial charge < -0.3 is 16.0 Å². The summed E-state index contributed by atoms with van der Waals surface area (Å²) in [6, 6.07) is 23.4. The average Bonchev–Trinajstić information content (AvgIpc) is 3.23. The molecule has 36 heavy (non-hydrogen) atoms. The fourth-order valence-electron chi connectivity index (χ4n) is 4.82. The normalized spacial score (nSPS) is 17.4. The number of rotatable bonds is 7. The maximum Gasteiger partial charge on any atom is 0.257 e. The van der Waals surface area contributed by atoms with E-state index in [1.165, 1.54) is 37.9 Å². The molecule has 2 aliphatic rings. The third-order valence-electron chi connectivity index (χ3n) is 6.90. The van der Waals surface area contributed by atoms with Crippen LogP contribution >= 0.6 is 0 Å². The Balaban J connectivity index is 1.26. The first kappa shape index (κ1) is 23.8. The molecule has 0 unspecified atom stereocenters. The number of likely N-dealkylation sites (tertiary alicyclic amines) is 1. The van der Waals surface area contributed by atoms with Crippen molar-refractivity contribution in [2.24, 2.45) is 0 Å². The molecule has 1 saturated heterocycles. The fourth-order valence-corrected chi connectivity index (χ4v) is 4.82. The minimum absolute atomic E-state index is 0.124. The molecular weight excluding hydrogens is 448 g/mol. The number of hydrogen-bond acceptors (Lipinski definition) is 4. The van der Waals surface area contributed by atoms with Gasteiger partial charge in [0.2, 0.25) is 0 Å². The summed E-state index contributed by atoms with van der Waals surface area (Å²) in [5.41, 5.74) is 5.69. The van der Waals surface area contributed by atoms with Gasteiger partial charge in [0.25, 0.3) is 11.8 Å². The van der Waals surface area contributed by atoms with Gasteiger partial charge in [0, 0.05) is 35.2 Å². The second-order valence-corrected chi connectivity index (χ2v) is 9.56. The third-order valence-corrected chi connectivity index (χ3v) is 6.90. The first-order valence-electron chi connectivity index (χ1n) is 12.7. The summed E-state index contributed by atoms with van der Waals surface area (Å²) in [6.45, 7) is 5.28. The van der Waals surface area contributed by atoms with Gasteiger partial charge in [-0.15, -0.1) is 0 Å². The van der Waals surface area contributed by atoms with Gasteiger partial charge in [-0.3, -0.25) is 14.5 Å². The Morgan fingerprint density at radius 1 is 1.00 bits per heavy atom. The van der Waals surface area contributed by atoms with Crippen molar-refractivity contribution >= 4 is 28.8 Å². The van der Waals surface area contributed by atoms with E-state index >= 15 is 0 Å². The highest BCUT2D eigenvalue weighted by atomic mass is 16.2. The Bertz CT molecular complexity index is 1260. The van der Waals surface area contributed by atoms with E-state index < -0.39 is 0 Å². The molecule has 5 rings (SSSR count). The van der Waals surface area contributed by atoms with Crippen LogP contribution in [0.15, 0.2) is 79.0 Å². The molecule has 3 aromatic rings. The third kappa shape index (κ3) is 5.50. The summed E-state index contributed by atoms with van der Waals surface area (Å²) in [7, 11) is 0. The molecule has 0 aromatic heterocycles. The highest BCUT2D eigenvalue weighted by molar-refractivity contribution is 6.32. The van der Waals surface area contributed by atoms with E-state index in [0.717, 1.165) is 17.8 Å². The smallest absolute Gasteiger partial charge is 0.257 e. The molecule has 0 saturated carbocycles. The molecule has 0 radical (unpaired) electrons. The molecule has 2 amide bonds. The Morgan fingerprint density at radius 2 is 1.75 bits per heavy atom. The maximum absolute atomic E-state index is 12.9. The minimum atomic E-state index is -0.186. The predicted molar refractivity (Wildman–Crippen MR) is 145 cm³/mol. The number of hydrogen-bond donors (Lipinski definition) is 3. The molecule has 1 atom stereocenters. The molecule has 6 nitrogen and oxygen atoms in total. The largest absolute Gasteiger partial charge is 0.361 e. The van der Waals surface area contributed by atoms with Crippen molar-refractivity contribution in [3.63, 3.8) is 0 Å². The van der Waals surface area contributed by atoms with E-state index in [4.69, 9.17) is 0 Å². The average molecular weight is 481 g/mol. The second kappa shape index (κ2) is 10.8. The van der Waals surface area contributed by atoms with Gasteiger partial charge in [0.05, 0.1) is 11.6 Å². The van der Waals surface area contributed by atoms with Crippen LogP contribution in [0.1, 0.15) is 59.3 Å². The van der Waals surface area contributed by atoms with Crippen molar-refractivity contribution in [2.45, 2.75) is 38.8 Å². The minimum Gasteiger partial charge on any atom is -0.361 e. The van der Waals surface area contributed by atoms with Crippen LogP contribution in [0.25, 0.3) is 5.57 Å². The van der Waals surface area contributed by atoms with Crippen LogP contribution in [0.5, 0.6) is 0 Å². The van der Waals surface area contributed by atoms with Gasteiger partial charge in [-0.1, -0.05) is 48.9 Å². The number of carbonyl (C=O) groups is 2. The lowest BCUT2D eigenvalue weighted by Gasteiger charge is -2.26. The van der Waals surface area contributed by atoms with E-state index in [1.807, 2.05) is 49.4 Å². The van der Waals surface area contributed by atoms with E-state index in [-0.39, 0.29) is 17.9 Å². The van der Waals surface area contributed by atoms with Crippen LogP contribution in [0.4, 0.5) is 11.4 Å². The van der Waals surface area contributed by atoms with Gasteiger partial charge >= 0.3 is 0 Å². The monoisotopic (exact) mass is 480 g/mol. The highest BCUT2D eigenvalue weighted by Crippen LogP contribution is 2.32. The summed E-state index contributed by atoms with van der Waals surface area (Å²) in [4.78, 5) is 28.1.